The minimum Gasteiger partial charge on any atom is -0.321 e. The second-order valence-corrected chi connectivity index (χ2v) is 9.73. The lowest BCUT2D eigenvalue weighted by Gasteiger charge is -2.31. The number of nitrogens with zero attached hydrogens (tertiary/aromatic N) is 2. The number of nitrogens with one attached hydrogen (secondary N) is 1. The Morgan fingerprint density at radius 3 is 2.17 bits per heavy atom. The summed E-state index contributed by atoms with van der Waals surface area (Å²) in [5.41, 5.74) is 4.11. The molecule has 0 saturated carbocycles. The molecule has 0 bridgehead atoms. The number of anilines is 1. The van der Waals surface area contributed by atoms with Gasteiger partial charge in [0.25, 0.3) is 5.91 Å². The van der Waals surface area contributed by atoms with Crippen LogP contribution in [0.5, 0.6) is 0 Å². The second-order valence-electron chi connectivity index (χ2n) is 7.80. The van der Waals surface area contributed by atoms with Gasteiger partial charge >= 0.3 is 0 Å². The summed E-state index contributed by atoms with van der Waals surface area (Å²) in [5.74, 6) is -0.279. The van der Waals surface area contributed by atoms with E-state index in [9.17, 15) is 13.2 Å². The lowest BCUT2D eigenvalue weighted by Crippen LogP contribution is -2.47. The first-order chi connectivity index (χ1) is 14.3. The van der Waals surface area contributed by atoms with Crippen LogP contribution in [0.1, 0.15) is 40.9 Å². The summed E-state index contributed by atoms with van der Waals surface area (Å²) in [6.07, 6.45) is 1.61. The third-order valence-corrected chi connectivity index (χ3v) is 7.69. The molecule has 30 heavy (non-hydrogen) atoms. The number of sulfonamides is 1. The van der Waals surface area contributed by atoms with Crippen LogP contribution in [0.3, 0.4) is 0 Å². The Bertz CT molecular complexity index is 1000. The molecular formula is C23H31N3O3S. The molecule has 6 nitrogen and oxygen atoms in total. The van der Waals surface area contributed by atoms with Crippen molar-refractivity contribution in [1.82, 2.24) is 9.21 Å². The average Bonchev–Trinajstić information content (AvgIpc) is 2.74. The molecule has 2 aromatic rings. The largest absolute Gasteiger partial charge is 0.321 e. The van der Waals surface area contributed by atoms with E-state index in [1.54, 1.807) is 12.1 Å². The number of hydrogen-bond donors (Lipinski definition) is 1. The topological polar surface area (TPSA) is 69.7 Å². The van der Waals surface area contributed by atoms with Gasteiger partial charge in [-0.15, -0.1) is 0 Å². The maximum Gasteiger partial charge on any atom is 0.255 e. The van der Waals surface area contributed by atoms with E-state index in [2.05, 4.69) is 24.1 Å². The molecule has 0 spiro atoms. The van der Waals surface area contributed by atoms with E-state index in [0.29, 0.717) is 31.7 Å². The molecule has 1 amide bonds. The number of carbonyl (C=O) groups excluding carboxylic acids is 1. The molecule has 1 saturated heterocycles. The molecule has 3 rings (SSSR count). The van der Waals surface area contributed by atoms with Crippen molar-refractivity contribution in [2.45, 2.75) is 38.5 Å². The molecule has 2 aromatic carbocycles. The summed E-state index contributed by atoms with van der Waals surface area (Å²) in [6, 6.07) is 10.8. The van der Waals surface area contributed by atoms with Gasteiger partial charge in [-0.2, -0.15) is 4.31 Å². The van der Waals surface area contributed by atoms with Crippen molar-refractivity contribution in [1.29, 1.82) is 0 Å². The molecule has 0 radical (unpaired) electrons. The summed E-state index contributed by atoms with van der Waals surface area (Å²) in [6.45, 7) is 8.25. The van der Waals surface area contributed by atoms with Crippen LogP contribution in [0.2, 0.25) is 0 Å². The number of piperazine rings is 1. The van der Waals surface area contributed by atoms with Crippen molar-refractivity contribution in [3.63, 3.8) is 0 Å². The normalized spacial score (nSPS) is 15.9. The van der Waals surface area contributed by atoms with Gasteiger partial charge in [-0.25, -0.2) is 8.42 Å². The molecular weight excluding hydrogens is 398 g/mol. The van der Waals surface area contributed by atoms with E-state index in [4.69, 9.17) is 0 Å². The molecule has 7 heteroatoms. The first-order valence-electron chi connectivity index (χ1n) is 10.5. The molecule has 1 fully saturated rings. The molecule has 0 atom stereocenters. The first kappa shape index (κ1) is 22.5. The molecule has 1 aliphatic heterocycles. The van der Waals surface area contributed by atoms with Gasteiger partial charge in [-0.1, -0.05) is 38.1 Å². The van der Waals surface area contributed by atoms with Crippen molar-refractivity contribution in [2.24, 2.45) is 0 Å². The van der Waals surface area contributed by atoms with Gasteiger partial charge in [-0.3, -0.25) is 4.79 Å². The smallest absolute Gasteiger partial charge is 0.255 e. The predicted octanol–water partition coefficient (Wildman–Crippen LogP) is 3.31. The van der Waals surface area contributed by atoms with Crippen molar-refractivity contribution in [2.75, 3.05) is 38.5 Å². The van der Waals surface area contributed by atoms with Crippen molar-refractivity contribution < 1.29 is 13.2 Å². The van der Waals surface area contributed by atoms with Gasteiger partial charge in [0.1, 0.15) is 0 Å². The number of para-hydroxylation sites is 1. The van der Waals surface area contributed by atoms with E-state index in [1.165, 1.54) is 10.4 Å². The maximum absolute atomic E-state index is 13.1. The number of hydrogen-bond acceptors (Lipinski definition) is 4. The summed E-state index contributed by atoms with van der Waals surface area (Å²) in [4.78, 5) is 15.4. The fourth-order valence-electron chi connectivity index (χ4n) is 3.77. The highest BCUT2D eigenvalue weighted by Gasteiger charge is 2.28. The fraction of sp³-hybridized carbons (Fsp3) is 0.435. The van der Waals surface area contributed by atoms with Crippen LogP contribution >= 0.6 is 0 Å². The highest BCUT2D eigenvalue weighted by atomic mass is 32.2. The molecule has 0 aliphatic carbocycles. The summed E-state index contributed by atoms with van der Waals surface area (Å²) >= 11 is 0. The lowest BCUT2D eigenvalue weighted by atomic mass is 10.0. The van der Waals surface area contributed by atoms with Crippen LogP contribution in [0.25, 0.3) is 0 Å². The summed E-state index contributed by atoms with van der Waals surface area (Å²) in [5, 5.41) is 3.05. The zero-order valence-corrected chi connectivity index (χ0v) is 19.1. The van der Waals surface area contributed by atoms with Crippen LogP contribution < -0.4 is 5.32 Å². The van der Waals surface area contributed by atoms with Crippen LogP contribution in [0.15, 0.2) is 41.3 Å². The van der Waals surface area contributed by atoms with E-state index in [0.717, 1.165) is 35.2 Å². The number of rotatable bonds is 6. The van der Waals surface area contributed by atoms with Gasteiger partial charge in [0.05, 0.1) is 4.90 Å². The maximum atomic E-state index is 13.1. The zero-order valence-electron chi connectivity index (χ0n) is 18.2. The summed E-state index contributed by atoms with van der Waals surface area (Å²) < 4.78 is 27.7. The Labute approximate surface area is 179 Å². The number of likely N-dealkylation sites (N-methyl/N-ethyl adjacent to an activating group) is 1. The predicted molar refractivity (Wildman–Crippen MR) is 121 cm³/mol. The highest BCUT2D eigenvalue weighted by Crippen LogP contribution is 2.25. The van der Waals surface area contributed by atoms with E-state index < -0.39 is 10.0 Å². The minimum atomic E-state index is -3.63. The molecule has 162 valence electrons. The Morgan fingerprint density at radius 1 is 1.00 bits per heavy atom. The van der Waals surface area contributed by atoms with Gasteiger partial charge in [0.15, 0.2) is 0 Å². The lowest BCUT2D eigenvalue weighted by molar-refractivity contribution is 0.102. The third kappa shape index (κ3) is 4.58. The van der Waals surface area contributed by atoms with Crippen molar-refractivity contribution >= 4 is 21.6 Å². The number of aryl methyl sites for hydroxylation is 3. The SMILES string of the molecule is CCc1cccc(CC)c1NC(=O)c1cc(S(=O)(=O)N2CCN(C)CC2)ccc1C. The highest BCUT2D eigenvalue weighted by molar-refractivity contribution is 7.89. The molecule has 1 heterocycles. The number of benzene rings is 2. The van der Waals surface area contributed by atoms with Crippen LogP contribution in [0.4, 0.5) is 5.69 Å². The Kier molecular flexibility index (Phi) is 6.95. The van der Waals surface area contributed by atoms with Gasteiger partial charge in [0, 0.05) is 37.4 Å². The molecule has 0 unspecified atom stereocenters. The number of amides is 1. The van der Waals surface area contributed by atoms with Crippen molar-refractivity contribution in [3.8, 4) is 0 Å². The van der Waals surface area contributed by atoms with Gasteiger partial charge in [0.2, 0.25) is 10.0 Å². The first-order valence-corrected chi connectivity index (χ1v) is 11.9. The Hall–Kier alpha value is -2.22. The zero-order chi connectivity index (χ0) is 21.9. The molecule has 1 N–H and O–H groups in total. The fourth-order valence-corrected chi connectivity index (χ4v) is 5.22. The van der Waals surface area contributed by atoms with E-state index >= 15 is 0 Å². The average molecular weight is 430 g/mol. The quantitative estimate of drug-likeness (QED) is 0.765. The second kappa shape index (κ2) is 9.29. The molecule has 1 aliphatic rings. The molecule has 0 aromatic heterocycles. The van der Waals surface area contributed by atoms with E-state index in [1.807, 2.05) is 32.2 Å². The summed E-state index contributed by atoms with van der Waals surface area (Å²) in [7, 11) is -1.65. The Balaban J connectivity index is 1.92. The van der Waals surface area contributed by atoms with Crippen LogP contribution in [-0.4, -0.2) is 56.8 Å². The van der Waals surface area contributed by atoms with Gasteiger partial charge in [-0.05, 0) is 55.6 Å². The van der Waals surface area contributed by atoms with Crippen LogP contribution in [-0.2, 0) is 22.9 Å². The number of carbonyl (C=O) groups is 1. The third-order valence-electron chi connectivity index (χ3n) is 5.79. The van der Waals surface area contributed by atoms with Crippen LogP contribution in [0, 0.1) is 6.92 Å². The standard InChI is InChI=1S/C23H31N3O3S/c1-5-18-8-7-9-19(6-2)22(18)24-23(27)21-16-20(11-10-17(21)3)30(28,29)26-14-12-25(4)13-15-26/h7-11,16H,5-6,12-15H2,1-4H3,(H,24,27). The van der Waals surface area contributed by atoms with Crippen molar-refractivity contribution in [3.05, 3.63) is 58.7 Å². The van der Waals surface area contributed by atoms with E-state index in [-0.39, 0.29) is 10.8 Å². The Morgan fingerprint density at radius 2 is 1.60 bits per heavy atom. The minimum absolute atomic E-state index is 0.169. The van der Waals surface area contributed by atoms with Gasteiger partial charge < -0.3 is 10.2 Å². The monoisotopic (exact) mass is 429 g/mol.